The third-order valence-electron chi connectivity index (χ3n) is 4.84. The third kappa shape index (κ3) is 4.08. The number of nitrogens with zero attached hydrogens (tertiary/aromatic N) is 3. The van der Waals surface area contributed by atoms with Gasteiger partial charge in [0.15, 0.2) is 6.10 Å². The van der Waals surface area contributed by atoms with Crippen LogP contribution < -0.4 is 15.0 Å². The van der Waals surface area contributed by atoms with E-state index in [1.54, 1.807) is 42.9 Å². The first kappa shape index (κ1) is 20.4. The highest BCUT2D eigenvalue weighted by molar-refractivity contribution is 5.97. The van der Waals surface area contributed by atoms with Gasteiger partial charge in [0.25, 0.3) is 5.91 Å². The molecule has 154 valence electrons. The number of anilines is 2. The van der Waals surface area contributed by atoms with Gasteiger partial charge in [0.2, 0.25) is 12.0 Å². The Labute approximate surface area is 168 Å². The standard InChI is InChI=1S/C20H24N4O5/c1-11-18(12(2)23(5)22-11)21-19(26)13(3)28-20(27)17-10-24(14(4)25)15-8-6-7-9-16(15)29-17/h6-9,13,17H,10H2,1-5H3,(H,21,26)/t13-,17+/m1/s1. The summed E-state index contributed by atoms with van der Waals surface area (Å²) >= 11 is 0. The zero-order valence-corrected chi connectivity index (χ0v) is 17.1. The van der Waals surface area contributed by atoms with E-state index >= 15 is 0 Å². The molecule has 0 aliphatic carbocycles. The topological polar surface area (TPSA) is 103 Å². The minimum absolute atomic E-state index is 0.0142. The Balaban J connectivity index is 1.68. The van der Waals surface area contributed by atoms with Crippen molar-refractivity contribution in [2.45, 2.75) is 39.9 Å². The number of rotatable bonds is 4. The molecule has 29 heavy (non-hydrogen) atoms. The number of hydrogen-bond donors (Lipinski definition) is 1. The Bertz CT molecular complexity index is 968. The molecule has 2 heterocycles. The van der Waals surface area contributed by atoms with E-state index in [1.807, 2.05) is 6.92 Å². The van der Waals surface area contributed by atoms with Crippen LogP contribution in [0.15, 0.2) is 24.3 Å². The van der Waals surface area contributed by atoms with Crippen molar-refractivity contribution in [2.24, 2.45) is 7.05 Å². The molecule has 0 saturated carbocycles. The Morgan fingerprint density at radius 1 is 1.28 bits per heavy atom. The summed E-state index contributed by atoms with van der Waals surface area (Å²) in [5, 5.41) is 6.99. The van der Waals surface area contributed by atoms with Crippen LogP contribution in [0, 0.1) is 13.8 Å². The fraction of sp³-hybridized carbons (Fsp3) is 0.400. The number of aryl methyl sites for hydroxylation is 2. The van der Waals surface area contributed by atoms with E-state index in [0.717, 1.165) is 5.69 Å². The molecule has 3 rings (SSSR count). The number of hydrogen-bond acceptors (Lipinski definition) is 6. The van der Waals surface area contributed by atoms with Crippen molar-refractivity contribution in [3.8, 4) is 5.75 Å². The number of nitrogens with one attached hydrogen (secondary N) is 1. The molecule has 0 bridgehead atoms. The average Bonchev–Trinajstić information content (AvgIpc) is 2.92. The second-order valence-electron chi connectivity index (χ2n) is 6.94. The molecular weight excluding hydrogens is 376 g/mol. The van der Waals surface area contributed by atoms with Crippen molar-refractivity contribution in [3.63, 3.8) is 0 Å². The predicted octanol–water partition coefficient (Wildman–Crippen LogP) is 1.72. The second kappa shape index (κ2) is 7.94. The Morgan fingerprint density at radius 2 is 1.97 bits per heavy atom. The molecule has 0 spiro atoms. The Hall–Kier alpha value is -3.36. The molecule has 1 aliphatic rings. The van der Waals surface area contributed by atoms with Gasteiger partial charge in [-0.3, -0.25) is 14.3 Å². The van der Waals surface area contributed by atoms with Gasteiger partial charge in [0.1, 0.15) is 5.75 Å². The van der Waals surface area contributed by atoms with Crippen LogP contribution in [0.5, 0.6) is 5.75 Å². The van der Waals surface area contributed by atoms with Crippen molar-refractivity contribution < 1.29 is 23.9 Å². The van der Waals surface area contributed by atoms with Crippen molar-refractivity contribution >= 4 is 29.2 Å². The number of benzene rings is 1. The quantitative estimate of drug-likeness (QED) is 0.784. The summed E-state index contributed by atoms with van der Waals surface area (Å²) in [6, 6.07) is 6.95. The van der Waals surface area contributed by atoms with Gasteiger partial charge in [-0.1, -0.05) is 12.1 Å². The van der Waals surface area contributed by atoms with Crippen molar-refractivity contribution in [1.29, 1.82) is 0 Å². The largest absolute Gasteiger partial charge is 0.475 e. The minimum atomic E-state index is -1.05. The molecule has 0 radical (unpaired) electrons. The van der Waals surface area contributed by atoms with Gasteiger partial charge in [-0.25, -0.2) is 4.79 Å². The van der Waals surface area contributed by atoms with Crippen LogP contribution in [0.25, 0.3) is 0 Å². The summed E-state index contributed by atoms with van der Waals surface area (Å²) in [7, 11) is 1.78. The molecule has 1 aromatic carbocycles. The summed E-state index contributed by atoms with van der Waals surface area (Å²) < 4.78 is 12.7. The number of esters is 1. The third-order valence-corrected chi connectivity index (χ3v) is 4.84. The highest BCUT2D eigenvalue weighted by atomic mass is 16.6. The van der Waals surface area contributed by atoms with Crippen LogP contribution in [0.3, 0.4) is 0 Å². The maximum Gasteiger partial charge on any atom is 0.350 e. The number of amides is 2. The number of ether oxygens (including phenoxy) is 2. The lowest BCUT2D eigenvalue weighted by Crippen LogP contribution is -2.48. The van der Waals surface area contributed by atoms with Crippen LogP contribution >= 0.6 is 0 Å². The molecule has 1 aromatic heterocycles. The SMILES string of the molecule is CC(=O)N1C[C@@H](C(=O)O[C@H](C)C(=O)Nc2c(C)nn(C)c2C)Oc2ccccc21. The molecule has 2 atom stereocenters. The van der Waals surface area contributed by atoms with Gasteiger partial charge in [0, 0.05) is 14.0 Å². The first-order valence-electron chi connectivity index (χ1n) is 9.24. The highest BCUT2D eigenvalue weighted by Crippen LogP contribution is 2.33. The van der Waals surface area contributed by atoms with Crippen molar-refractivity contribution in [1.82, 2.24) is 9.78 Å². The lowest BCUT2D eigenvalue weighted by atomic mass is 10.2. The van der Waals surface area contributed by atoms with E-state index in [0.29, 0.717) is 22.8 Å². The lowest BCUT2D eigenvalue weighted by Gasteiger charge is -2.33. The summed E-state index contributed by atoms with van der Waals surface area (Å²) in [6.07, 6.45) is -2.07. The predicted molar refractivity (Wildman–Crippen MR) is 106 cm³/mol. The van der Waals surface area contributed by atoms with Gasteiger partial charge in [-0.05, 0) is 32.9 Å². The van der Waals surface area contributed by atoms with Crippen LogP contribution in [0.4, 0.5) is 11.4 Å². The van der Waals surface area contributed by atoms with Gasteiger partial charge >= 0.3 is 5.97 Å². The van der Waals surface area contributed by atoms with E-state index in [-0.39, 0.29) is 12.5 Å². The molecule has 0 fully saturated rings. The van der Waals surface area contributed by atoms with E-state index in [1.165, 1.54) is 18.7 Å². The van der Waals surface area contributed by atoms with E-state index < -0.39 is 24.1 Å². The smallest absolute Gasteiger partial charge is 0.350 e. The summed E-state index contributed by atoms with van der Waals surface area (Å²) in [6.45, 7) is 6.52. The van der Waals surface area contributed by atoms with Gasteiger partial charge in [-0.2, -0.15) is 5.10 Å². The first-order valence-corrected chi connectivity index (χ1v) is 9.24. The number of para-hydroxylation sites is 2. The molecular formula is C20H24N4O5. The van der Waals surface area contributed by atoms with Gasteiger partial charge < -0.3 is 19.7 Å². The molecule has 2 aromatic rings. The van der Waals surface area contributed by atoms with E-state index in [4.69, 9.17) is 9.47 Å². The number of aromatic nitrogens is 2. The summed E-state index contributed by atoms with van der Waals surface area (Å²) in [5.41, 5.74) is 2.64. The van der Waals surface area contributed by atoms with Gasteiger partial charge in [-0.15, -0.1) is 0 Å². The average molecular weight is 400 g/mol. The molecule has 2 amide bonds. The Morgan fingerprint density at radius 3 is 2.59 bits per heavy atom. The van der Waals surface area contributed by atoms with Crippen LogP contribution in [-0.2, 0) is 26.2 Å². The Kier molecular flexibility index (Phi) is 5.58. The molecule has 0 unspecified atom stereocenters. The number of carbonyl (C=O) groups is 3. The highest BCUT2D eigenvalue weighted by Gasteiger charge is 2.35. The molecule has 9 nitrogen and oxygen atoms in total. The van der Waals surface area contributed by atoms with Gasteiger partial charge in [0.05, 0.1) is 29.3 Å². The fourth-order valence-corrected chi connectivity index (χ4v) is 3.14. The zero-order chi connectivity index (χ0) is 21.3. The molecule has 1 aliphatic heterocycles. The van der Waals surface area contributed by atoms with Crippen LogP contribution in [-0.4, -0.2) is 46.3 Å². The second-order valence-corrected chi connectivity index (χ2v) is 6.94. The number of carbonyl (C=O) groups excluding carboxylic acids is 3. The fourth-order valence-electron chi connectivity index (χ4n) is 3.14. The maximum atomic E-state index is 12.6. The molecule has 9 heteroatoms. The van der Waals surface area contributed by atoms with Crippen molar-refractivity contribution in [3.05, 3.63) is 35.7 Å². The normalized spacial score (nSPS) is 16.4. The zero-order valence-electron chi connectivity index (χ0n) is 17.1. The monoisotopic (exact) mass is 400 g/mol. The van der Waals surface area contributed by atoms with E-state index in [9.17, 15) is 14.4 Å². The summed E-state index contributed by atoms with van der Waals surface area (Å²) in [5.74, 6) is -0.994. The first-order chi connectivity index (χ1) is 13.7. The van der Waals surface area contributed by atoms with E-state index in [2.05, 4.69) is 10.4 Å². The lowest BCUT2D eigenvalue weighted by molar-refractivity contribution is -0.160. The number of fused-ring (bicyclic) bond motifs is 1. The van der Waals surface area contributed by atoms with Crippen LogP contribution in [0.1, 0.15) is 25.2 Å². The molecule has 1 N–H and O–H groups in total. The maximum absolute atomic E-state index is 12.6. The van der Waals surface area contributed by atoms with Crippen molar-refractivity contribution in [2.75, 3.05) is 16.8 Å². The molecule has 0 saturated heterocycles. The summed E-state index contributed by atoms with van der Waals surface area (Å²) in [4.78, 5) is 38.5. The minimum Gasteiger partial charge on any atom is -0.475 e. The van der Waals surface area contributed by atoms with Crippen LogP contribution in [0.2, 0.25) is 0 Å².